The molecule has 1 aromatic carbocycles. The Morgan fingerprint density at radius 3 is 2.62 bits per heavy atom. The van der Waals surface area contributed by atoms with Gasteiger partial charge in [0.25, 0.3) is 0 Å². The van der Waals surface area contributed by atoms with Crippen LogP contribution in [-0.4, -0.2) is 40.7 Å². The molecule has 1 atom stereocenters. The van der Waals surface area contributed by atoms with Crippen molar-refractivity contribution in [2.75, 3.05) is 18.8 Å². The molecule has 2 heterocycles. The van der Waals surface area contributed by atoms with Gasteiger partial charge in [-0.3, -0.25) is 9.59 Å². The number of carbonyl (C=O) groups is 2. The van der Waals surface area contributed by atoms with E-state index in [-0.39, 0.29) is 11.8 Å². The van der Waals surface area contributed by atoms with Gasteiger partial charge in [0.2, 0.25) is 5.91 Å². The Hall–Kier alpha value is -1.49. The first-order chi connectivity index (χ1) is 10.0. The summed E-state index contributed by atoms with van der Waals surface area (Å²) in [7, 11) is 0. The Kier molecular flexibility index (Phi) is 3.69. The maximum absolute atomic E-state index is 12.7. The summed E-state index contributed by atoms with van der Waals surface area (Å²) in [6.07, 6.45) is 1.07. The summed E-state index contributed by atoms with van der Waals surface area (Å²) >= 11 is 1.73. The lowest BCUT2D eigenvalue weighted by Gasteiger charge is -2.37. The van der Waals surface area contributed by atoms with Crippen LogP contribution in [0.15, 0.2) is 29.2 Å². The van der Waals surface area contributed by atoms with Gasteiger partial charge in [0.05, 0.1) is 11.3 Å². The van der Waals surface area contributed by atoms with E-state index in [2.05, 4.69) is 6.07 Å². The SMILES string of the molecule is CC1(C(=O)O)CCN(C(=O)C2CSc3ccccc32)CC1. The van der Waals surface area contributed by atoms with Crippen LogP contribution in [0, 0.1) is 5.41 Å². The number of aliphatic carboxylic acids is 1. The normalized spacial score (nSPS) is 23.7. The minimum absolute atomic E-state index is 0.0691. The van der Waals surface area contributed by atoms with Crippen molar-refractivity contribution >= 4 is 23.6 Å². The molecule has 2 aliphatic rings. The predicted molar refractivity (Wildman–Crippen MR) is 81.5 cm³/mol. The van der Waals surface area contributed by atoms with E-state index in [1.54, 1.807) is 18.7 Å². The lowest BCUT2D eigenvalue weighted by molar-refractivity contribution is -0.153. The number of piperidine rings is 1. The molecule has 0 aliphatic carbocycles. The van der Waals surface area contributed by atoms with Gasteiger partial charge in [-0.05, 0) is 31.4 Å². The van der Waals surface area contributed by atoms with Crippen LogP contribution >= 0.6 is 11.8 Å². The van der Waals surface area contributed by atoms with Crippen molar-refractivity contribution in [1.82, 2.24) is 4.90 Å². The number of hydrogen-bond donors (Lipinski definition) is 1. The molecule has 0 radical (unpaired) electrons. The molecule has 1 unspecified atom stereocenters. The van der Waals surface area contributed by atoms with Crippen molar-refractivity contribution in [3.63, 3.8) is 0 Å². The van der Waals surface area contributed by atoms with Gasteiger partial charge >= 0.3 is 5.97 Å². The lowest BCUT2D eigenvalue weighted by atomic mass is 9.80. The molecule has 0 spiro atoms. The molecule has 0 saturated carbocycles. The maximum atomic E-state index is 12.7. The van der Waals surface area contributed by atoms with E-state index in [1.165, 1.54) is 4.90 Å². The molecular weight excluding hydrogens is 286 g/mol. The Morgan fingerprint density at radius 2 is 1.95 bits per heavy atom. The highest BCUT2D eigenvalue weighted by Gasteiger charge is 2.40. The number of benzene rings is 1. The summed E-state index contributed by atoms with van der Waals surface area (Å²) < 4.78 is 0. The summed E-state index contributed by atoms with van der Waals surface area (Å²) in [6, 6.07) is 8.06. The van der Waals surface area contributed by atoms with Crippen LogP contribution in [-0.2, 0) is 9.59 Å². The zero-order valence-electron chi connectivity index (χ0n) is 12.0. The predicted octanol–water partition coefficient (Wildman–Crippen LogP) is 2.59. The van der Waals surface area contributed by atoms with Gasteiger partial charge in [0.15, 0.2) is 0 Å². The highest BCUT2D eigenvalue weighted by atomic mass is 32.2. The number of likely N-dealkylation sites (tertiary alicyclic amines) is 1. The van der Waals surface area contributed by atoms with Crippen LogP contribution in [0.25, 0.3) is 0 Å². The fourth-order valence-corrected chi connectivity index (χ4v) is 4.24. The van der Waals surface area contributed by atoms with Crippen molar-refractivity contribution < 1.29 is 14.7 Å². The van der Waals surface area contributed by atoms with Gasteiger partial charge in [-0.25, -0.2) is 0 Å². The molecule has 1 fully saturated rings. The lowest BCUT2D eigenvalue weighted by Crippen LogP contribution is -2.46. The number of rotatable bonds is 2. The monoisotopic (exact) mass is 305 g/mol. The zero-order chi connectivity index (χ0) is 15.0. The minimum atomic E-state index is -0.753. The fourth-order valence-electron chi connectivity index (χ4n) is 3.02. The molecule has 3 rings (SSSR count). The average molecular weight is 305 g/mol. The molecule has 1 aromatic rings. The number of hydrogen-bond acceptors (Lipinski definition) is 3. The quantitative estimate of drug-likeness (QED) is 0.912. The van der Waals surface area contributed by atoms with E-state index in [0.717, 1.165) is 11.3 Å². The molecule has 2 aliphatic heterocycles. The molecule has 112 valence electrons. The third kappa shape index (κ3) is 2.55. The summed E-state index contributed by atoms with van der Waals surface area (Å²) in [4.78, 5) is 27.0. The van der Waals surface area contributed by atoms with E-state index in [0.29, 0.717) is 25.9 Å². The molecule has 4 nitrogen and oxygen atoms in total. The highest BCUT2D eigenvalue weighted by molar-refractivity contribution is 7.99. The summed E-state index contributed by atoms with van der Waals surface area (Å²) in [6.45, 7) is 2.87. The van der Waals surface area contributed by atoms with Crippen molar-refractivity contribution in [1.29, 1.82) is 0 Å². The van der Waals surface area contributed by atoms with Gasteiger partial charge in [0, 0.05) is 23.7 Å². The van der Waals surface area contributed by atoms with Crippen LogP contribution in [0.5, 0.6) is 0 Å². The molecular formula is C16H19NO3S. The van der Waals surface area contributed by atoms with Crippen molar-refractivity contribution in [2.45, 2.75) is 30.6 Å². The largest absolute Gasteiger partial charge is 0.481 e. The van der Waals surface area contributed by atoms with Crippen LogP contribution in [0.2, 0.25) is 0 Å². The second-order valence-electron chi connectivity index (χ2n) is 6.09. The summed E-state index contributed by atoms with van der Waals surface area (Å²) in [5, 5.41) is 9.26. The Balaban J connectivity index is 1.70. The Morgan fingerprint density at radius 1 is 1.29 bits per heavy atom. The van der Waals surface area contributed by atoms with Crippen molar-refractivity contribution in [3.8, 4) is 0 Å². The van der Waals surface area contributed by atoms with Gasteiger partial charge in [-0.15, -0.1) is 11.8 Å². The Bertz CT molecular complexity index is 579. The molecule has 21 heavy (non-hydrogen) atoms. The molecule has 1 amide bonds. The van der Waals surface area contributed by atoms with Crippen LogP contribution in [0.4, 0.5) is 0 Å². The summed E-state index contributed by atoms with van der Waals surface area (Å²) in [5.41, 5.74) is 0.443. The van der Waals surface area contributed by atoms with E-state index in [4.69, 9.17) is 0 Å². The van der Waals surface area contributed by atoms with E-state index in [9.17, 15) is 14.7 Å². The smallest absolute Gasteiger partial charge is 0.309 e. The number of carboxylic acid groups (broad SMARTS) is 1. The maximum Gasteiger partial charge on any atom is 0.309 e. The summed E-state index contributed by atoms with van der Waals surface area (Å²) in [5.74, 6) is 0.127. The number of nitrogens with zero attached hydrogens (tertiary/aromatic N) is 1. The second kappa shape index (κ2) is 5.37. The third-order valence-electron chi connectivity index (χ3n) is 4.69. The molecule has 0 bridgehead atoms. The van der Waals surface area contributed by atoms with Gasteiger partial charge in [0.1, 0.15) is 0 Å². The molecule has 1 saturated heterocycles. The van der Waals surface area contributed by atoms with Crippen molar-refractivity contribution in [2.24, 2.45) is 5.41 Å². The molecule has 5 heteroatoms. The molecule has 0 aromatic heterocycles. The van der Waals surface area contributed by atoms with E-state index in [1.807, 2.05) is 23.1 Å². The fraction of sp³-hybridized carbons (Fsp3) is 0.500. The second-order valence-corrected chi connectivity index (χ2v) is 7.15. The topological polar surface area (TPSA) is 57.6 Å². The number of thioether (sulfide) groups is 1. The van der Waals surface area contributed by atoms with Gasteiger partial charge in [-0.1, -0.05) is 18.2 Å². The minimum Gasteiger partial charge on any atom is -0.481 e. The zero-order valence-corrected chi connectivity index (χ0v) is 12.9. The highest BCUT2D eigenvalue weighted by Crippen LogP contribution is 2.41. The Labute approximate surface area is 128 Å². The van der Waals surface area contributed by atoms with Gasteiger partial charge in [-0.2, -0.15) is 0 Å². The van der Waals surface area contributed by atoms with Gasteiger partial charge < -0.3 is 10.0 Å². The van der Waals surface area contributed by atoms with E-state index < -0.39 is 11.4 Å². The van der Waals surface area contributed by atoms with Crippen LogP contribution in [0.1, 0.15) is 31.2 Å². The van der Waals surface area contributed by atoms with Crippen LogP contribution < -0.4 is 0 Å². The number of carbonyl (C=O) groups excluding carboxylic acids is 1. The van der Waals surface area contributed by atoms with Crippen LogP contribution in [0.3, 0.4) is 0 Å². The first kappa shape index (κ1) is 14.4. The molecule has 1 N–H and O–H groups in total. The third-order valence-corrected chi connectivity index (χ3v) is 5.88. The number of fused-ring (bicyclic) bond motifs is 1. The number of carboxylic acids is 1. The average Bonchev–Trinajstić information content (AvgIpc) is 2.91. The number of amides is 1. The standard InChI is InChI=1S/C16H19NO3S/c1-16(15(19)20)6-8-17(9-7-16)14(18)12-10-21-13-5-3-2-4-11(12)13/h2-5,12H,6-10H2,1H3,(H,19,20). The van der Waals surface area contributed by atoms with Crippen molar-refractivity contribution in [3.05, 3.63) is 29.8 Å². The van der Waals surface area contributed by atoms with E-state index >= 15 is 0 Å². The first-order valence-corrected chi connectivity index (χ1v) is 8.24. The first-order valence-electron chi connectivity index (χ1n) is 7.25.